The summed E-state index contributed by atoms with van der Waals surface area (Å²) in [5.41, 5.74) is 5.50. The molecule has 0 saturated carbocycles. The zero-order valence-electron chi connectivity index (χ0n) is 15.1. The van der Waals surface area contributed by atoms with Crippen molar-refractivity contribution in [2.45, 2.75) is 27.2 Å². The maximum absolute atomic E-state index is 12.3. The summed E-state index contributed by atoms with van der Waals surface area (Å²) in [6.45, 7) is 6.55. The van der Waals surface area contributed by atoms with Crippen molar-refractivity contribution in [1.82, 2.24) is 4.98 Å². The zero-order chi connectivity index (χ0) is 18.0. The fourth-order valence-electron chi connectivity index (χ4n) is 2.72. The fourth-order valence-corrected chi connectivity index (χ4v) is 3.79. The van der Waals surface area contributed by atoms with E-state index in [-0.39, 0.29) is 12.5 Å². The number of rotatable bonds is 5. The molecule has 0 spiro atoms. The molecule has 0 atom stereocenters. The first-order valence-electron chi connectivity index (χ1n) is 8.44. The molecule has 25 heavy (non-hydrogen) atoms. The molecule has 1 aromatic heterocycles. The number of carbonyl (C=O) groups is 1. The topological polar surface area (TPSA) is 45.2 Å². The number of anilines is 2. The number of nitrogens with zero attached hydrogens (tertiary/aromatic N) is 2. The summed E-state index contributed by atoms with van der Waals surface area (Å²) in [6, 6.07) is 12.2. The molecule has 0 unspecified atom stereocenters. The molecule has 130 valence electrons. The lowest BCUT2D eigenvalue weighted by Crippen LogP contribution is -2.29. The number of fused-ring (bicyclic) bond motifs is 1. The third kappa shape index (κ3) is 3.82. The molecule has 0 aliphatic rings. The van der Waals surface area contributed by atoms with E-state index >= 15 is 0 Å². The summed E-state index contributed by atoms with van der Waals surface area (Å²) in [6.07, 6.45) is 0.993. The number of aryl methyl sites for hydroxylation is 3. The number of amides is 1. The average molecular weight is 353 g/mol. The maximum atomic E-state index is 12.3. The number of carbonyl (C=O) groups excluding carboxylic acids is 1. The molecule has 0 radical (unpaired) electrons. The number of benzene rings is 2. The van der Waals surface area contributed by atoms with Gasteiger partial charge in [-0.05, 0) is 49.1 Å². The lowest BCUT2D eigenvalue weighted by molar-refractivity contribution is -0.114. The van der Waals surface area contributed by atoms with Crippen LogP contribution in [0.4, 0.5) is 10.8 Å². The molecule has 3 rings (SSSR count). The van der Waals surface area contributed by atoms with Crippen molar-refractivity contribution in [1.29, 1.82) is 0 Å². The van der Waals surface area contributed by atoms with E-state index in [1.165, 1.54) is 15.8 Å². The number of hydrogen-bond donors (Lipinski definition) is 1. The van der Waals surface area contributed by atoms with Crippen LogP contribution >= 0.6 is 11.3 Å². The highest BCUT2D eigenvalue weighted by Crippen LogP contribution is 2.32. The summed E-state index contributed by atoms with van der Waals surface area (Å²) in [7, 11) is 1.90. The summed E-state index contributed by atoms with van der Waals surface area (Å²) in [5, 5.41) is 3.81. The Bertz CT molecular complexity index is 860. The van der Waals surface area contributed by atoms with Gasteiger partial charge in [0.25, 0.3) is 0 Å². The molecule has 0 fully saturated rings. The van der Waals surface area contributed by atoms with Crippen molar-refractivity contribution in [3.05, 3.63) is 53.1 Å². The molecular formula is C20H23N3OS. The molecule has 0 aliphatic heterocycles. The van der Waals surface area contributed by atoms with Gasteiger partial charge in [-0.25, -0.2) is 4.98 Å². The standard InChI is InChI=1S/C20H23N3OS/c1-5-15-8-10-16(11-9-15)21-17(24)12-23(4)20-22-18-13(2)6-7-14(3)19(18)25-20/h6-11H,5,12H2,1-4H3,(H,21,24). The Kier molecular flexibility index (Phi) is 5.04. The molecule has 5 heteroatoms. The minimum absolute atomic E-state index is 0.0422. The molecule has 0 saturated heterocycles. The first-order chi connectivity index (χ1) is 12.0. The van der Waals surface area contributed by atoms with Gasteiger partial charge in [0.1, 0.15) is 0 Å². The average Bonchev–Trinajstić information content (AvgIpc) is 3.06. The SMILES string of the molecule is CCc1ccc(NC(=O)CN(C)c2nc3c(C)ccc(C)c3s2)cc1. The van der Waals surface area contributed by atoms with Gasteiger partial charge in [0.2, 0.25) is 5.91 Å². The molecule has 4 nitrogen and oxygen atoms in total. The van der Waals surface area contributed by atoms with Gasteiger partial charge in [0, 0.05) is 12.7 Å². The minimum Gasteiger partial charge on any atom is -0.342 e. The van der Waals surface area contributed by atoms with Crippen molar-refractivity contribution >= 4 is 38.3 Å². The van der Waals surface area contributed by atoms with Gasteiger partial charge >= 0.3 is 0 Å². The number of nitrogens with one attached hydrogen (secondary N) is 1. The van der Waals surface area contributed by atoms with Crippen molar-refractivity contribution in [3.63, 3.8) is 0 Å². The molecule has 1 heterocycles. The van der Waals surface area contributed by atoms with Gasteiger partial charge in [-0.1, -0.05) is 42.5 Å². The van der Waals surface area contributed by atoms with Crippen LogP contribution in [0.25, 0.3) is 10.2 Å². The normalized spacial score (nSPS) is 10.9. The monoisotopic (exact) mass is 353 g/mol. The smallest absolute Gasteiger partial charge is 0.243 e. The van der Waals surface area contributed by atoms with Crippen molar-refractivity contribution in [2.75, 3.05) is 23.8 Å². The Balaban J connectivity index is 1.70. The summed E-state index contributed by atoms with van der Waals surface area (Å²) < 4.78 is 1.19. The third-order valence-electron chi connectivity index (χ3n) is 4.28. The largest absolute Gasteiger partial charge is 0.342 e. The highest BCUT2D eigenvalue weighted by atomic mass is 32.1. The van der Waals surface area contributed by atoms with Crippen LogP contribution < -0.4 is 10.2 Å². The van der Waals surface area contributed by atoms with E-state index < -0.39 is 0 Å². The first kappa shape index (κ1) is 17.4. The van der Waals surface area contributed by atoms with E-state index in [0.29, 0.717) is 0 Å². The zero-order valence-corrected chi connectivity index (χ0v) is 15.9. The Morgan fingerprint density at radius 1 is 1.12 bits per heavy atom. The van der Waals surface area contributed by atoms with Crippen LogP contribution in [-0.2, 0) is 11.2 Å². The lowest BCUT2D eigenvalue weighted by atomic mass is 10.1. The van der Waals surface area contributed by atoms with Crippen LogP contribution in [0.3, 0.4) is 0 Å². The summed E-state index contributed by atoms with van der Waals surface area (Å²) in [5.74, 6) is -0.0422. The number of hydrogen-bond acceptors (Lipinski definition) is 4. The molecule has 1 amide bonds. The number of thiazole rings is 1. The second kappa shape index (κ2) is 7.23. The van der Waals surface area contributed by atoms with Gasteiger partial charge < -0.3 is 10.2 Å². The van der Waals surface area contributed by atoms with Crippen LogP contribution in [0.1, 0.15) is 23.6 Å². The summed E-state index contributed by atoms with van der Waals surface area (Å²) in [4.78, 5) is 18.9. The van der Waals surface area contributed by atoms with Gasteiger partial charge in [-0.3, -0.25) is 4.79 Å². The molecule has 3 aromatic rings. The van der Waals surface area contributed by atoms with E-state index in [2.05, 4.69) is 38.2 Å². The Morgan fingerprint density at radius 3 is 2.44 bits per heavy atom. The number of aromatic nitrogens is 1. The predicted octanol–water partition coefficient (Wildman–Crippen LogP) is 4.55. The van der Waals surface area contributed by atoms with Crippen LogP contribution in [0.15, 0.2) is 36.4 Å². The van der Waals surface area contributed by atoms with Crippen LogP contribution in [0.2, 0.25) is 0 Å². The molecule has 0 bridgehead atoms. The van der Waals surface area contributed by atoms with Gasteiger partial charge in [-0.2, -0.15) is 0 Å². The molecule has 2 aromatic carbocycles. The van der Waals surface area contributed by atoms with E-state index in [0.717, 1.165) is 28.3 Å². The summed E-state index contributed by atoms with van der Waals surface area (Å²) >= 11 is 1.63. The van der Waals surface area contributed by atoms with Gasteiger partial charge in [-0.15, -0.1) is 0 Å². The van der Waals surface area contributed by atoms with E-state index in [9.17, 15) is 4.79 Å². The highest BCUT2D eigenvalue weighted by molar-refractivity contribution is 7.22. The van der Waals surface area contributed by atoms with E-state index in [1.54, 1.807) is 11.3 Å². The van der Waals surface area contributed by atoms with Gasteiger partial charge in [0.05, 0.1) is 16.8 Å². The van der Waals surface area contributed by atoms with Crippen molar-refractivity contribution in [3.8, 4) is 0 Å². The Hall–Kier alpha value is -2.40. The molecule has 1 N–H and O–H groups in total. The highest BCUT2D eigenvalue weighted by Gasteiger charge is 2.14. The van der Waals surface area contributed by atoms with E-state index in [1.807, 2.05) is 36.2 Å². The van der Waals surface area contributed by atoms with Crippen molar-refractivity contribution in [2.24, 2.45) is 0 Å². The second-order valence-corrected chi connectivity index (χ2v) is 7.31. The van der Waals surface area contributed by atoms with Crippen LogP contribution in [0.5, 0.6) is 0 Å². The predicted molar refractivity (Wildman–Crippen MR) is 107 cm³/mol. The van der Waals surface area contributed by atoms with Crippen LogP contribution in [-0.4, -0.2) is 24.5 Å². The van der Waals surface area contributed by atoms with Crippen molar-refractivity contribution < 1.29 is 4.79 Å². The van der Waals surface area contributed by atoms with Crippen LogP contribution in [0, 0.1) is 13.8 Å². The second-order valence-electron chi connectivity index (χ2n) is 6.33. The van der Waals surface area contributed by atoms with Gasteiger partial charge in [0.15, 0.2) is 5.13 Å². The first-order valence-corrected chi connectivity index (χ1v) is 9.26. The number of likely N-dealkylation sites (N-methyl/N-ethyl adjacent to an activating group) is 1. The fraction of sp³-hybridized carbons (Fsp3) is 0.300. The minimum atomic E-state index is -0.0422. The third-order valence-corrected chi connectivity index (χ3v) is 5.59. The maximum Gasteiger partial charge on any atom is 0.243 e. The molecule has 0 aliphatic carbocycles. The molecular weight excluding hydrogens is 330 g/mol. The van der Waals surface area contributed by atoms with E-state index in [4.69, 9.17) is 4.98 Å². The lowest BCUT2D eigenvalue weighted by Gasteiger charge is -2.15. The quantitative estimate of drug-likeness (QED) is 0.732. The Morgan fingerprint density at radius 2 is 1.80 bits per heavy atom. The Labute approximate surface area is 152 Å².